The van der Waals surface area contributed by atoms with Crippen LogP contribution in [0.25, 0.3) is 0 Å². The molecule has 0 radical (unpaired) electrons. The first-order chi connectivity index (χ1) is 7.15. The van der Waals surface area contributed by atoms with Crippen molar-refractivity contribution < 1.29 is 9.18 Å². The summed E-state index contributed by atoms with van der Waals surface area (Å²) in [5.74, 6) is 0.435. The van der Waals surface area contributed by atoms with E-state index in [9.17, 15) is 9.18 Å². The number of Topliss-reactive ketones (excluding diaryl/α,β-unsaturated/α-hetero) is 1. The monoisotopic (exact) mass is 270 g/mol. The molecule has 0 spiro atoms. The van der Waals surface area contributed by atoms with Gasteiger partial charge in [0.2, 0.25) is 0 Å². The molecule has 0 unspecified atom stereocenters. The van der Waals surface area contributed by atoms with Gasteiger partial charge in [-0.05, 0) is 42.5 Å². The fourth-order valence-corrected chi connectivity index (χ4v) is 2.02. The van der Waals surface area contributed by atoms with Crippen molar-refractivity contribution in [3.05, 3.63) is 34.1 Å². The second kappa shape index (κ2) is 4.44. The lowest BCUT2D eigenvalue weighted by Crippen LogP contribution is -2.05. The van der Waals surface area contributed by atoms with Gasteiger partial charge in [-0.3, -0.25) is 4.79 Å². The maximum absolute atomic E-state index is 13.3. The van der Waals surface area contributed by atoms with Gasteiger partial charge in [-0.1, -0.05) is 15.9 Å². The number of carbonyl (C=O) groups is 1. The minimum Gasteiger partial charge on any atom is -0.299 e. The highest BCUT2D eigenvalue weighted by atomic mass is 79.9. The molecule has 0 saturated heterocycles. The van der Waals surface area contributed by atoms with Crippen LogP contribution < -0.4 is 0 Å². The maximum Gasteiger partial charge on any atom is 0.137 e. The van der Waals surface area contributed by atoms with Gasteiger partial charge in [-0.2, -0.15) is 0 Å². The van der Waals surface area contributed by atoms with Crippen LogP contribution >= 0.6 is 15.9 Å². The predicted octanol–water partition coefficient (Wildman–Crippen LogP) is 3.50. The van der Waals surface area contributed by atoms with Gasteiger partial charge < -0.3 is 0 Å². The fraction of sp³-hybridized carbons (Fsp3) is 0.417. The summed E-state index contributed by atoms with van der Waals surface area (Å²) in [6, 6.07) is 4.72. The van der Waals surface area contributed by atoms with E-state index < -0.39 is 0 Å². The minimum atomic E-state index is -0.289. The number of rotatable bonds is 4. The lowest BCUT2D eigenvalue weighted by Gasteiger charge is -2.03. The first-order valence-electron chi connectivity index (χ1n) is 5.11. The quantitative estimate of drug-likeness (QED) is 0.819. The molecule has 2 rings (SSSR count). The summed E-state index contributed by atoms with van der Waals surface area (Å²) in [6.07, 6.45) is 3.16. The summed E-state index contributed by atoms with van der Waals surface area (Å²) in [5, 5.41) is 0. The zero-order valence-electron chi connectivity index (χ0n) is 8.30. The Morgan fingerprint density at radius 2 is 2.20 bits per heavy atom. The smallest absolute Gasteiger partial charge is 0.137 e. The molecule has 15 heavy (non-hydrogen) atoms. The average molecular weight is 271 g/mol. The second-order valence-corrected chi connectivity index (χ2v) is 5.01. The number of hydrogen-bond acceptors (Lipinski definition) is 1. The highest BCUT2D eigenvalue weighted by molar-refractivity contribution is 9.10. The van der Waals surface area contributed by atoms with Crippen molar-refractivity contribution in [2.45, 2.75) is 25.7 Å². The largest absolute Gasteiger partial charge is 0.299 e. The van der Waals surface area contributed by atoms with Crippen LogP contribution in [0.1, 0.15) is 24.8 Å². The van der Waals surface area contributed by atoms with Crippen LogP contribution in [0.2, 0.25) is 0 Å². The third-order valence-corrected chi connectivity index (χ3v) is 3.10. The van der Waals surface area contributed by atoms with Crippen molar-refractivity contribution in [1.82, 2.24) is 0 Å². The third-order valence-electron chi connectivity index (χ3n) is 2.61. The van der Waals surface area contributed by atoms with E-state index in [0.29, 0.717) is 17.9 Å². The van der Waals surface area contributed by atoms with E-state index >= 15 is 0 Å². The van der Waals surface area contributed by atoms with Crippen LogP contribution in [0.4, 0.5) is 4.39 Å². The molecule has 0 atom stereocenters. The van der Waals surface area contributed by atoms with Gasteiger partial charge in [0.1, 0.15) is 11.6 Å². The topological polar surface area (TPSA) is 17.1 Å². The highest BCUT2D eigenvalue weighted by Gasteiger charge is 2.24. The van der Waals surface area contributed by atoms with E-state index in [1.807, 2.05) is 0 Å². The van der Waals surface area contributed by atoms with Crippen LogP contribution in [-0.4, -0.2) is 5.78 Å². The Morgan fingerprint density at radius 3 is 2.87 bits per heavy atom. The maximum atomic E-state index is 13.3. The summed E-state index contributed by atoms with van der Waals surface area (Å²) in [7, 11) is 0. The predicted molar refractivity (Wildman–Crippen MR) is 60.2 cm³/mol. The Labute approximate surface area is 96.8 Å². The van der Waals surface area contributed by atoms with Gasteiger partial charge in [-0.25, -0.2) is 4.39 Å². The number of benzene rings is 1. The average Bonchev–Trinajstić information content (AvgIpc) is 2.95. The molecule has 0 amide bonds. The number of hydrogen-bond donors (Lipinski definition) is 0. The number of ketones is 1. The lowest BCUT2D eigenvalue weighted by molar-refractivity contribution is -0.118. The highest BCUT2D eigenvalue weighted by Crippen LogP contribution is 2.33. The zero-order valence-corrected chi connectivity index (χ0v) is 9.89. The van der Waals surface area contributed by atoms with Crippen molar-refractivity contribution in [3.8, 4) is 0 Å². The first-order valence-corrected chi connectivity index (χ1v) is 5.90. The zero-order chi connectivity index (χ0) is 10.8. The molecule has 1 aromatic rings. The van der Waals surface area contributed by atoms with E-state index in [2.05, 4.69) is 15.9 Å². The molecule has 0 N–H and O–H groups in total. The van der Waals surface area contributed by atoms with E-state index in [1.165, 1.54) is 6.07 Å². The Morgan fingerprint density at radius 1 is 1.47 bits per heavy atom. The van der Waals surface area contributed by atoms with Gasteiger partial charge >= 0.3 is 0 Å². The van der Waals surface area contributed by atoms with E-state index in [0.717, 1.165) is 17.3 Å². The Hall–Kier alpha value is -0.700. The van der Waals surface area contributed by atoms with Crippen molar-refractivity contribution in [1.29, 1.82) is 0 Å². The van der Waals surface area contributed by atoms with Gasteiger partial charge in [-0.15, -0.1) is 0 Å². The van der Waals surface area contributed by atoms with Crippen molar-refractivity contribution >= 4 is 21.7 Å². The van der Waals surface area contributed by atoms with Crippen LogP contribution in [0.5, 0.6) is 0 Å². The Kier molecular flexibility index (Phi) is 3.19. The summed E-state index contributed by atoms with van der Waals surface area (Å²) in [6.45, 7) is 0. The summed E-state index contributed by atoms with van der Waals surface area (Å²) >= 11 is 3.27. The molecule has 80 valence electrons. The normalized spacial score (nSPS) is 15.3. The lowest BCUT2D eigenvalue weighted by atomic mass is 10.0. The Bertz CT molecular complexity index is 385. The van der Waals surface area contributed by atoms with Crippen molar-refractivity contribution in [2.75, 3.05) is 0 Å². The first kappa shape index (κ1) is 10.8. The number of halogens is 2. The molecule has 1 fully saturated rings. The molecule has 0 aromatic heterocycles. The molecule has 0 heterocycles. The molecule has 0 bridgehead atoms. The van der Waals surface area contributed by atoms with Crippen LogP contribution in [-0.2, 0) is 11.2 Å². The van der Waals surface area contributed by atoms with Crippen LogP contribution in [0, 0.1) is 11.7 Å². The minimum absolute atomic E-state index is 0.148. The van der Waals surface area contributed by atoms with Gasteiger partial charge in [0.15, 0.2) is 0 Å². The van der Waals surface area contributed by atoms with E-state index in [-0.39, 0.29) is 18.0 Å². The third kappa shape index (κ3) is 3.13. The Balaban J connectivity index is 2.01. The van der Waals surface area contributed by atoms with E-state index in [1.54, 1.807) is 12.1 Å². The molecule has 3 heteroatoms. The summed E-state index contributed by atoms with van der Waals surface area (Å²) in [5.41, 5.74) is 0.495. The molecular formula is C12H12BrFO. The van der Waals surface area contributed by atoms with Crippen molar-refractivity contribution in [3.63, 3.8) is 0 Å². The fourth-order valence-electron chi connectivity index (χ4n) is 1.61. The van der Waals surface area contributed by atoms with Crippen molar-refractivity contribution in [2.24, 2.45) is 5.92 Å². The SMILES string of the molecule is O=C(Cc1cc(Br)ccc1F)CC1CC1. The molecule has 1 saturated carbocycles. The van der Waals surface area contributed by atoms with E-state index in [4.69, 9.17) is 0 Å². The molecule has 1 aromatic carbocycles. The van der Waals surface area contributed by atoms with Crippen LogP contribution in [0.15, 0.2) is 22.7 Å². The molecule has 1 aliphatic rings. The summed E-state index contributed by atoms with van der Waals surface area (Å²) < 4.78 is 14.1. The molecule has 0 aliphatic heterocycles. The van der Waals surface area contributed by atoms with Gasteiger partial charge in [0, 0.05) is 17.3 Å². The van der Waals surface area contributed by atoms with Crippen LogP contribution in [0.3, 0.4) is 0 Å². The number of carbonyl (C=O) groups excluding carboxylic acids is 1. The van der Waals surface area contributed by atoms with Gasteiger partial charge in [0.25, 0.3) is 0 Å². The molecule has 1 nitrogen and oxygen atoms in total. The summed E-state index contributed by atoms with van der Waals surface area (Å²) in [4.78, 5) is 11.5. The second-order valence-electron chi connectivity index (χ2n) is 4.10. The molecular weight excluding hydrogens is 259 g/mol. The molecule has 1 aliphatic carbocycles. The van der Waals surface area contributed by atoms with Gasteiger partial charge in [0.05, 0.1) is 0 Å². The standard InChI is InChI=1S/C12H12BrFO/c13-10-3-4-12(14)9(6-10)7-11(15)5-8-1-2-8/h3-4,6,8H,1-2,5,7H2.